The number of nitrogens with zero attached hydrogens (tertiary/aromatic N) is 2. The summed E-state index contributed by atoms with van der Waals surface area (Å²) in [5.41, 5.74) is 1.00. The van der Waals surface area contributed by atoms with Crippen molar-refractivity contribution in [1.29, 1.82) is 0 Å². The second-order valence-electron chi connectivity index (χ2n) is 7.50. The summed E-state index contributed by atoms with van der Waals surface area (Å²) < 4.78 is 38.4. The summed E-state index contributed by atoms with van der Waals surface area (Å²) in [5, 5.41) is 11.4. The monoisotopic (exact) mass is 420 g/mol. The fraction of sp³-hybridized carbons (Fsp3) is 0.429. The van der Waals surface area contributed by atoms with Crippen molar-refractivity contribution >= 4 is 10.0 Å². The average Bonchev–Trinajstić information content (AvgIpc) is 3.15. The lowest BCUT2D eigenvalue weighted by Gasteiger charge is -2.25. The van der Waals surface area contributed by atoms with Gasteiger partial charge in [-0.2, -0.15) is 9.37 Å². The molecule has 2 aromatic carbocycles. The van der Waals surface area contributed by atoms with E-state index in [1.807, 2.05) is 44.2 Å². The number of hydrogen-bond acceptors (Lipinski definition) is 6. The molecule has 2 aromatic rings. The third-order valence-electron chi connectivity index (χ3n) is 4.58. The first-order chi connectivity index (χ1) is 13.9. The molecule has 158 valence electrons. The SMILES string of the molecule is CC(C)CN(CCCN(O)Cc1ccccc1)S(=O)(=O)c1ccc2c(c1)OCO2. The van der Waals surface area contributed by atoms with Crippen molar-refractivity contribution in [1.82, 2.24) is 9.37 Å². The van der Waals surface area contributed by atoms with Crippen molar-refractivity contribution in [3.05, 3.63) is 54.1 Å². The van der Waals surface area contributed by atoms with E-state index in [1.165, 1.54) is 15.4 Å². The van der Waals surface area contributed by atoms with Gasteiger partial charge in [0.25, 0.3) is 0 Å². The molecule has 0 radical (unpaired) electrons. The summed E-state index contributed by atoms with van der Waals surface area (Å²) in [6.45, 7) is 5.57. The first-order valence-corrected chi connectivity index (χ1v) is 11.2. The predicted molar refractivity (Wildman–Crippen MR) is 109 cm³/mol. The number of hydroxylamine groups is 2. The lowest BCUT2D eigenvalue weighted by Crippen LogP contribution is -2.36. The molecule has 7 nitrogen and oxygen atoms in total. The van der Waals surface area contributed by atoms with Crippen LogP contribution in [0, 0.1) is 5.92 Å². The molecule has 0 spiro atoms. The van der Waals surface area contributed by atoms with Gasteiger partial charge >= 0.3 is 0 Å². The Hall–Kier alpha value is -2.13. The quantitative estimate of drug-likeness (QED) is 0.594. The molecule has 0 atom stereocenters. The maximum atomic E-state index is 13.2. The van der Waals surface area contributed by atoms with E-state index in [1.54, 1.807) is 12.1 Å². The van der Waals surface area contributed by atoms with Gasteiger partial charge in [-0.15, -0.1) is 0 Å². The highest BCUT2D eigenvalue weighted by atomic mass is 32.2. The maximum absolute atomic E-state index is 13.2. The van der Waals surface area contributed by atoms with Crippen LogP contribution in [0.3, 0.4) is 0 Å². The third kappa shape index (κ3) is 5.70. The standard InChI is InChI=1S/C21H28N2O5S/c1-17(2)14-23(12-6-11-22(24)15-18-7-4-3-5-8-18)29(25,26)19-9-10-20-21(13-19)28-16-27-20/h3-5,7-10,13,17,24H,6,11-12,14-16H2,1-2H3. The minimum absolute atomic E-state index is 0.0995. The summed E-state index contributed by atoms with van der Waals surface area (Å²) >= 11 is 0. The Labute approximate surface area is 172 Å². The Kier molecular flexibility index (Phi) is 7.13. The van der Waals surface area contributed by atoms with Crippen LogP contribution < -0.4 is 9.47 Å². The number of ether oxygens (including phenoxy) is 2. The number of sulfonamides is 1. The van der Waals surface area contributed by atoms with E-state index in [4.69, 9.17) is 9.47 Å². The predicted octanol–water partition coefficient (Wildman–Crippen LogP) is 3.34. The van der Waals surface area contributed by atoms with Gasteiger partial charge < -0.3 is 14.7 Å². The molecule has 0 aliphatic carbocycles. The van der Waals surface area contributed by atoms with Gasteiger partial charge in [-0.3, -0.25) is 0 Å². The maximum Gasteiger partial charge on any atom is 0.243 e. The van der Waals surface area contributed by atoms with Gasteiger partial charge in [-0.05, 0) is 30.0 Å². The van der Waals surface area contributed by atoms with Crippen LogP contribution in [0.4, 0.5) is 0 Å². The molecule has 1 heterocycles. The van der Waals surface area contributed by atoms with E-state index in [0.29, 0.717) is 44.1 Å². The van der Waals surface area contributed by atoms with Crippen molar-refractivity contribution < 1.29 is 23.1 Å². The van der Waals surface area contributed by atoms with Gasteiger partial charge in [0, 0.05) is 32.2 Å². The molecule has 0 saturated heterocycles. The zero-order valence-corrected chi connectivity index (χ0v) is 17.6. The molecule has 0 fully saturated rings. The number of rotatable bonds is 10. The average molecular weight is 421 g/mol. The summed E-state index contributed by atoms with van der Waals surface area (Å²) in [6.07, 6.45) is 0.514. The van der Waals surface area contributed by atoms with Crippen LogP contribution in [0.2, 0.25) is 0 Å². The van der Waals surface area contributed by atoms with Gasteiger partial charge in [0.15, 0.2) is 11.5 Å². The molecular formula is C21H28N2O5S. The van der Waals surface area contributed by atoms with E-state index < -0.39 is 10.0 Å². The summed E-state index contributed by atoms with van der Waals surface area (Å²) in [6, 6.07) is 14.3. The smallest absolute Gasteiger partial charge is 0.243 e. The van der Waals surface area contributed by atoms with Crippen molar-refractivity contribution in [2.45, 2.75) is 31.7 Å². The van der Waals surface area contributed by atoms with E-state index in [9.17, 15) is 13.6 Å². The van der Waals surface area contributed by atoms with Gasteiger partial charge in [0.05, 0.1) is 4.90 Å². The minimum atomic E-state index is -3.68. The van der Waals surface area contributed by atoms with Gasteiger partial charge in [0.2, 0.25) is 16.8 Å². The molecule has 0 unspecified atom stereocenters. The highest BCUT2D eigenvalue weighted by Crippen LogP contribution is 2.34. The zero-order chi connectivity index (χ0) is 20.9. The molecule has 3 rings (SSSR count). The summed E-state index contributed by atoms with van der Waals surface area (Å²) in [4.78, 5) is 0.188. The van der Waals surface area contributed by atoms with Crippen LogP contribution >= 0.6 is 0 Å². The molecule has 1 aliphatic rings. The molecule has 0 aromatic heterocycles. The van der Waals surface area contributed by atoms with Crippen LogP contribution in [0.25, 0.3) is 0 Å². The minimum Gasteiger partial charge on any atom is -0.454 e. The van der Waals surface area contributed by atoms with Crippen molar-refractivity contribution in [2.24, 2.45) is 5.92 Å². The molecule has 1 aliphatic heterocycles. The highest BCUT2D eigenvalue weighted by Gasteiger charge is 2.27. The van der Waals surface area contributed by atoms with Crippen molar-refractivity contribution in [2.75, 3.05) is 26.4 Å². The van der Waals surface area contributed by atoms with E-state index >= 15 is 0 Å². The van der Waals surface area contributed by atoms with E-state index in [-0.39, 0.29) is 17.6 Å². The fourth-order valence-electron chi connectivity index (χ4n) is 3.21. The summed E-state index contributed by atoms with van der Waals surface area (Å²) in [7, 11) is -3.68. The first-order valence-electron chi connectivity index (χ1n) is 9.74. The highest BCUT2D eigenvalue weighted by molar-refractivity contribution is 7.89. The van der Waals surface area contributed by atoms with Crippen LogP contribution in [0.5, 0.6) is 11.5 Å². The van der Waals surface area contributed by atoms with Crippen molar-refractivity contribution in [3.8, 4) is 11.5 Å². The Morgan fingerprint density at radius 3 is 2.48 bits per heavy atom. The Bertz CT molecular complexity index is 903. The summed E-state index contributed by atoms with van der Waals surface area (Å²) in [5.74, 6) is 1.17. The molecule has 0 bridgehead atoms. The molecule has 8 heteroatoms. The lowest BCUT2D eigenvalue weighted by molar-refractivity contribution is -0.100. The van der Waals surface area contributed by atoms with Crippen LogP contribution in [-0.4, -0.2) is 49.4 Å². The Balaban J connectivity index is 1.64. The Morgan fingerprint density at radius 2 is 1.76 bits per heavy atom. The second-order valence-corrected chi connectivity index (χ2v) is 9.44. The number of hydrogen-bond donors (Lipinski definition) is 1. The zero-order valence-electron chi connectivity index (χ0n) is 16.8. The van der Waals surface area contributed by atoms with E-state index in [2.05, 4.69) is 0 Å². The van der Waals surface area contributed by atoms with Crippen LogP contribution in [-0.2, 0) is 16.6 Å². The molecule has 1 N–H and O–H groups in total. The number of fused-ring (bicyclic) bond motifs is 1. The normalized spacial score (nSPS) is 13.6. The molecule has 0 amide bonds. The van der Waals surface area contributed by atoms with Crippen molar-refractivity contribution in [3.63, 3.8) is 0 Å². The topological polar surface area (TPSA) is 79.3 Å². The van der Waals surface area contributed by atoms with Gasteiger partial charge in [-0.1, -0.05) is 44.2 Å². The second kappa shape index (κ2) is 9.58. The van der Waals surface area contributed by atoms with Gasteiger partial charge in [-0.25, -0.2) is 8.42 Å². The molecular weight excluding hydrogens is 392 g/mol. The van der Waals surface area contributed by atoms with Gasteiger partial charge in [0.1, 0.15) is 0 Å². The fourth-order valence-corrected chi connectivity index (χ4v) is 4.86. The molecule has 29 heavy (non-hydrogen) atoms. The Morgan fingerprint density at radius 1 is 1.03 bits per heavy atom. The van der Waals surface area contributed by atoms with E-state index in [0.717, 1.165) is 5.56 Å². The number of benzene rings is 2. The van der Waals surface area contributed by atoms with Crippen LogP contribution in [0.1, 0.15) is 25.8 Å². The largest absolute Gasteiger partial charge is 0.454 e. The lowest BCUT2D eigenvalue weighted by atomic mass is 10.2. The third-order valence-corrected chi connectivity index (χ3v) is 6.44. The first kappa shape index (κ1) is 21.6. The molecule has 0 saturated carbocycles. The van der Waals surface area contributed by atoms with Crippen LogP contribution in [0.15, 0.2) is 53.4 Å².